The summed E-state index contributed by atoms with van der Waals surface area (Å²) < 4.78 is 5.43. The van der Waals surface area contributed by atoms with Crippen molar-refractivity contribution in [1.82, 2.24) is 15.1 Å². The minimum atomic E-state index is -0.492. The van der Waals surface area contributed by atoms with Gasteiger partial charge >= 0.3 is 6.09 Å². The molecule has 0 atom stereocenters. The lowest BCUT2D eigenvalue weighted by Crippen LogP contribution is -2.49. The molecular formula is C23H34ClN3O3. The predicted octanol–water partition coefficient (Wildman–Crippen LogP) is 4.07. The number of rotatable bonds is 4. The molecule has 1 N–H and O–H groups in total. The molecule has 166 valence electrons. The fourth-order valence-corrected chi connectivity index (χ4v) is 4.18. The van der Waals surface area contributed by atoms with Crippen LogP contribution in [0.25, 0.3) is 0 Å². The molecule has 2 fully saturated rings. The van der Waals surface area contributed by atoms with E-state index in [0.29, 0.717) is 25.9 Å². The number of hydrogen-bond donors (Lipinski definition) is 1. The number of carbonyl (C=O) groups is 2. The van der Waals surface area contributed by atoms with Crippen molar-refractivity contribution < 1.29 is 14.3 Å². The Morgan fingerprint density at radius 3 is 2.20 bits per heavy atom. The molecule has 0 radical (unpaired) electrons. The molecular weight excluding hydrogens is 402 g/mol. The second-order valence-corrected chi connectivity index (χ2v) is 9.86. The van der Waals surface area contributed by atoms with Crippen molar-refractivity contribution in [2.75, 3.05) is 26.2 Å². The van der Waals surface area contributed by atoms with Gasteiger partial charge in [0, 0.05) is 49.7 Å². The molecule has 2 saturated heterocycles. The molecule has 0 aliphatic carbocycles. The van der Waals surface area contributed by atoms with Gasteiger partial charge in [-0.15, -0.1) is 0 Å². The van der Waals surface area contributed by atoms with E-state index in [-0.39, 0.29) is 24.0 Å². The van der Waals surface area contributed by atoms with E-state index >= 15 is 0 Å². The Kier molecular flexibility index (Phi) is 7.64. The topological polar surface area (TPSA) is 61.9 Å². The lowest BCUT2D eigenvalue weighted by molar-refractivity contribution is -0.127. The smallest absolute Gasteiger partial charge is 0.410 e. The van der Waals surface area contributed by atoms with Gasteiger partial charge in [0.1, 0.15) is 5.60 Å². The maximum atomic E-state index is 12.7. The van der Waals surface area contributed by atoms with Crippen molar-refractivity contribution >= 4 is 23.6 Å². The van der Waals surface area contributed by atoms with E-state index in [0.717, 1.165) is 37.5 Å². The molecule has 2 aliphatic rings. The van der Waals surface area contributed by atoms with Gasteiger partial charge in [0.2, 0.25) is 5.91 Å². The third-order valence-corrected chi connectivity index (χ3v) is 6.02. The van der Waals surface area contributed by atoms with Crippen LogP contribution in [0, 0.1) is 5.92 Å². The Balaban J connectivity index is 1.37. The molecule has 2 aliphatic heterocycles. The first-order chi connectivity index (χ1) is 14.2. The maximum absolute atomic E-state index is 12.7. The number of piperidine rings is 2. The van der Waals surface area contributed by atoms with Crippen LogP contribution >= 0.6 is 11.6 Å². The van der Waals surface area contributed by atoms with Gasteiger partial charge in [-0.05, 0) is 64.2 Å². The van der Waals surface area contributed by atoms with E-state index in [1.54, 1.807) is 4.90 Å². The van der Waals surface area contributed by atoms with E-state index in [9.17, 15) is 9.59 Å². The van der Waals surface area contributed by atoms with Crippen molar-refractivity contribution in [2.45, 2.75) is 64.6 Å². The zero-order chi connectivity index (χ0) is 21.7. The Labute approximate surface area is 184 Å². The quantitative estimate of drug-likeness (QED) is 0.774. The molecule has 2 heterocycles. The summed E-state index contributed by atoms with van der Waals surface area (Å²) in [4.78, 5) is 29.0. The first-order valence-electron chi connectivity index (χ1n) is 10.9. The van der Waals surface area contributed by atoms with Crippen LogP contribution < -0.4 is 5.32 Å². The summed E-state index contributed by atoms with van der Waals surface area (Å²) in [5.41, 5.74) is 0.770. The highest BCUT2D eigenvalue weighted by molar-refractivity contribution is 6.30. The monoisotopic (exact) mass is 435 g/mol. The van der Waals surface area contributed by atoms with Gasteiger partial charge in [0.05, 0.1) is 0 Å². The molecule has 3 rings (SSSR count). The fourth-order valence-electron chi connectivity index (χ4n) is 4.05. The third-order valence-electron chi connectivity index (χ3n) is 5.77. The van der Waals surface area contributed by atoms with Crippen LogP contribution in [0.2, 0.25) is 5.02 Å². The third kappa shape index (κ3) is 6.88. The standard InChI is InChI=1S/C23H34ClN3O3/c1-23(2,3)30-22(29)27-14-8-18(9-15-27)21(28)25-20-10-12-26(13-11-20)16-17-4-6-19(24)7-5-17/h4-7,18,20H,8-16H2,1-3H3,(H,25,28). The number of carbonyl (C=O) groups excluding carboxylic acids is 2. The molecule has 1 aromatic rings. The highest BCUT2D eigenvalue weighted by Gasteiger charge is 2.31. The molecule has 0 spiro atoms. The van der Waals surface area contributed by atoms with E-state index in [1.165, 1.54) is 5.56 Å². The van der Waals surface area contributed by atoms with Crippen LogP contribution in [0.5, 0.6) is 0 Å². The van der Waals surface area contributed by atoms with Gasteiger partial charge in [0.15, 0.2) is 0 Å². The lowest BCUT2D eigenvalue weighted by Gasteiger charge is -2.35. The van der Waals surface area contributed by atoms with Crippen LogP contribution in [0.15, 0.2) is 24.3 Å². The molecule has 1 aromatic carbocycles. The summed E-state index contributed by atoms with van der Waals surface area (Å²) in [6.45, 7) is 9.62. The van der Waals surface area contributed by atoms with Gasteiger partial charge in [-0.25, -0.2) is 4.79 Å². The van der Waals surface area contributed by atoms with E-state index in [2.05, 4.69) is 22.3 Å². The van der Waals surface area contributed by atoms with Gasteiger partial charge < -0.3 is 15.0 Å². The molecule has 30 heavy (non-hydrogen) atoms. The number of benzene rings is 1. The first-order valence-corrected chi connectivity index (χ1v) is 11.3. The molecule has 2 amide bonds. The van der Waals surface area contributed by atoms with Crippen molar-refractivity contribution in [3.05, 3.63) is 34.9 Å². The largest absolute Gasteiger partial charge is 0.444 e. The van der Waals surface area contributed by atoms with Crippen molar-refractivity contribution in [1.29, 1.82) is 0 Å². The number of halogens is 1. The molecule has 6 nitrogen and oxygen atoms in total. The van der Waals surface area contributed by atoms with Crippen molar-refractivity contribution in [3.63, 3.8) is 0 Å². The summed E-state index contributed by atoms with van der Waals surface area (Å²) in [7, 11) is 0. The van der Waals surface area contributed by atoms with Crippen LogP contribution in [-0.2, 0) is 16.1 Å². The minimum Gasteiger partial charge on any atom is -0.444 e. The van der Waals surface area contributed by atoms with Crippen LogP contribution in [0.4, 0.5) is 4.79 Å². The summed E-state index contributed by atoms with van der Waals surface area (Å²) in [6.07, 6.45) is 3.04. The zero-order valence-electron chi connectivity index (χ0n) is 18.3. The Bertz CT molecular complexity index is 716. The average Bonchev–Trinajstić information content (AvgIpc) is 2.70. The van der Waals surface area contributed by atoms with Crippen molar-refractivity contribution in [2.24, 2.45) is 5.92 Å². The Morgan fingerprint density at radius 2 is 1.63 bits per heavy atom. The minimum absolute atomic E-state index is 0.0178. The van der Waals surface area contributed by atoms with Gasteiger partial charge in [-0.1, -0.05) is 23.7 Å². The number of likely N-dealkylation sites (tertiary alicyclic amines) is 2. The second-order valence-electron chi connectivity index (χ2n) is 9.43. The van der Waals surface area contributed by atoms with Crippen molar-refractivity contribution in [3.8, 4) is 0 Å². The summed E-state index contributed by atoms with van der Waals surface area (Å²) >= 11 is 5.96. The predicted molar refractivity (Wildman–Crippen MR) is 118 cm³/mol. The lowest BCUT2D eigenvalue weighted by atomic mass is 9.95. The first kappa shape index (κ1) is 22.9. The van der Waals surface area contributed by atoms with Gasteiger partial charge in [0.25, 0.3) is 0 Å². The highest BCUT2D eigenvalue weighted by Crippen LogP contribution is 2.21. The number of nitrogens with one attached hydrogen (secondary N) is 1. The second kappa shape index (κ2) is 10.0. The zero-order valence-corrected chi connectivity index (χ0v) is 19.1. The molecule has 0 bridgehead atoms. The molecule has 0 aromatic heterocycles. The van der Waals surface area contributed by atoms with Crippen LogP contribution in [0.3, 0.4) is 0 Å². The molecule has 0 saturated carbocycles. The Hall–Kier alpha value is -1.79. The van der Waals surface area contributed by atoms with Crippen LogP contribution in [-0.4, -0.2) is 59.6 Å². The van der Waals surface area contributed by atoms with E-state index in [1.807, 2.05) is 32.9 Å². The van der Waals surface area contributed by atoms with E-state index in [4.69, 9.17) is 16.3 Å². The van der Waals surface area contributed by atoms with E-state index < -0.39 is 5.60 Å². The maximum Gasteiger partial charge on any atom is 0.410 e. The SMILES string of the molecule is CC(C)(C)OC(=O)N1CCC(C(=O)NC2CCN(Cc3ccc(Cl)cc3)CC2)CC1. The average molecular weight is 436 g/mol. The normalized spacial score (nSPS) is 19.5. The number of amides is 2. The Morgan fingerprint density at radius 1 is 1.03 bits per heavy atom. The summed E-state index contributed by atoms with van der Waals surface area (Å²) in [5, 5.41) is 4.01. The number of nitrogens with zero attached hydrogens (tertiary/aromatic N) is 2. The van der Waals surface area contributed by atoms with Gasteiger partial charge in [-0.3, -0.25) is 9.69 Å². The highest BCUT2D eigenvalue weighted by atomic mass is 35.5. The number of hydrogen-bond acceptors (Lipinski definition) is 4. The van der Waals surface area contributed by atoms with Gasteiger partial charge in [-0.2, -0.15) is 0 Å². The number of ether oxygens (including phenoxy) is 1. The summed E-state index contributed by atoms with van der Waals surface area (Å²) in [6, 6.07) is 8.23. The molecule has 0 unspecified atom stereocenters. The summed E-state index contributed by atoms with van der Waals surface area (Å²) in [5.74, 6) is 0.116. The molecule has 7 heteroatoms. The van der Waals surface area contributed by atoms with Crippen LogP contribution in [0.1, 0.15) is 52.0 Å². The fraction of sp³-hybridized carbons (Fsp3) is 0.652.